The molecule has 0 radical (unpaired) electrons. The van der Waals surface area contributed by atoms with E-state index in [9.17, 15) is 17.2 Å². The SMILES string of the molecule is Cc1ccc(-c2ccnc(Nc3ccc(S(=O)(=O)N4CCC(C(N)c5ccc(F)cc5)CC4)cc3)n2)cc1F. The predicted octanol–water partition coefficient (Wildman–Crippen LogP) is 5.57. The lowest BCUT2D eigenvalue weighted by Gasteiger charge is -2.34. The smallest absolute Gasteiger partial charge is 0.243 e. The molecule has 39 heavy (non-hydrogen) atoms. The van der Waals surface area contributed by atoms with Crippen LogP contribution in [0.3, 0.4) is 0 Å². The third kappa shape index (κ3) is 5.98. The number of aromatic nitrogens is 2. The van der Waals surface area contributed by atoms with Crippen LogP contribution in [0.2, 0.25) is 0 Å². The Morgan fingerprint density at radius 2 is 1.67 bits per heavy atom. The maximum absolute atomic E-state index is 14.0. The Bertz CT molecular complexity index is 1560. The molecule has 10 heteroatoms. The minimum atomic E-state index is -3.67. The molecular weight excluding hydrogens is 520 g/mol. The van der Waals surface area contributed by atoms with Gasteiger partial charge in [-0.3, -0.25) is 0 Å². The molecule has 5 rings (SSSR count). The third-order valence-corrected chi connectivity index (χ3v) is 9.05. The van der Waals surface area contributed by atoms with Gasteiger partial charge in [0, 0.05) is 36.6 Å². The van der Waals surface area contributed by atoms with Gasteiger partial charge in [-0.05, 0) is 85.3 Å². The molecule has 2 heterocycles. The van der Waals surface area contributed by atoms with Crippen molar-refractivity contribution in [3.05, 3.63) is 102 Å². The zero-order valence-electron chi connectivity index (χ0n) is 21.4. The molecular formula is C29H29F2N5O2S. The average molecular weight is 550 g/mol. The highest BCUT2D eigenvalue weighted by Crippen LogP contribution is 2.32. The standard InChI is InChI=1S/C29H29F2N5O2S/c1-19-2-3-22(18-26(19)31)27-12-15-33-29(35-27)34-24-8-10-25(11-9-24)39(37,38)36-16-13-21(14-17-36)28(32)20-4-6-23(30)7-5-20/h2-12,15,18,21,28H,13-14,16-17,32H2,1H3,(H,33,34,35). The Morgan fingerprint density at radius 3 is 2.33 bits per heavy atom. The zero-order valence-corrected chi connectivity index (χ0v) is 22.2. The first-order valence-corrected chi connectivity index (χ1v) is 14.1. The monoisotopic (exact) mass is 549 g/mol. The number of benzene rings is 3. The fourth-order valence-electron chi connectivity index (χ4n) is 4.75. The molecule has 1 aromatic heterocycles. The molecule has 1 aliphatic heterocycles. The van der Waals surface area contributed by atoms with Gasteiger partial charge in [0.1, 0.15) is 11.6 Å². The van der Waals surface area contributed by atoms with Crippen molar-refractivity contribution in [2.45, 2.75) is 30.7 Å². The van der Waals surface area contributed by atoms with Crippen molar-refractivity contribution in [3.63, 3.8) is 0 Å². The van der Waals surface area contributed by atoms with Gasteiger partial charge in [0.25, 0.3) is 0 Å². The van der Waals surface area contributed by atoms with Crippen LogP contribution in [0.25, 0.3) is 11.3 Å². The number of nitrogens with two attached hydrogens (primary N) is 1. The lowest BCUT2D eigenvalue weighted by molar-refractivity contribution is 0.245. The number of halogens is 2. The highest BCUT2D eigenvalue weighted by Gasteiger charge is 2.32. The number of nitrogens with one attached hydrogen (secondary N) is 1. The predicted molar refractivity (Wildman–Crippen MR) is 147 cm³/mol. The fourth-order valence-corrected chi connectivity index (χ4v) is 6.22. The van der Waals surface area contributed by atoms with Crippen molar-refractivity contribution >= 4 is 21.7 Å². The van der Waals surface area contributed by atoms with Gasteiger partial charge in [0.15, 0.2) is 0 Å². The molecule has 1 aliphatic rings. The van der Waals surface area contributed by atoms with Crippen LogP contribution in [-0.2, 0) is 10.0 Å². The summed E-state index contributed by atoms with van der Waals surface area (Å²) in [6, 6.07) is 18.9. The van der Waals surface area contributed by atoms with Gasteiger partial charge >= 0.3 is 0 Å². The van der Waals surface area contributed by atoms with E-state index >= 15 is 0 Å². The van der Waals surface area contributed by atoms with Crippen LogP contribution in [-0.4, -0.2) is 35.8 Å². The topological polar surface area (TPSA) is 101 Å². The fraction of sp³-hybridized carbons (Fsp3) is 0.241. The maximum Gasteiger partial charge on any atom is 0.243 e. The molecule has 202 valence electrons. The summed E-state index contributed by atoms with van der Waals surface area (Å²) in [5.74, 6) is -0.199. The third-order valence-electron chi connectivity index (χ3n) is 7.13. The van der Waals surface area contributed by atoms with Gasteiger partial charge in [-0.15, -0.1) is 0 Å². The first-order valence-electron chi connectivity index (χ1n) is 12.7. The molecule has 0 amide bonds. The maximum atomic E-state index is 14.0. The van der Waals surface area contributed by atoms with Crippen LogP contribution < -0.4 is 11.1 Å². The zero-order chi connectivity index (χ0) is 27.6. The molecule has 7 nitrogen and oxygen atoms in total. The Kier molecular flexibility index (Phi) is 7.69. The van der Waals surface area contributed by atoms with Gasteiger partial charge in [-0.2, -0.15) is 4.31 Å². The molecule has 1 saturated heterocycles. The second-order valence-electron chi connectivity index (χ2n) is 9.70. The van der Waals surface area contributed by atoms with E-state index in [4.69, 9.17) is 5.73 Å². The molecule has 1 atom stereocenters. The average Bonchev–Trinajstić information content (AvgIpc) is 2.95. The van der Waals surface area contributed by atoms with Crippen molar-refractivity contribution in [2.24, 2.45) is 11.7 Å². The van der Waals surface area contributed by atoms with E-state index in [-0.39, 0.29) is 28.5 Å². The summed E-state index contributed by atoms with van der Waals surface area (Å²) >= 11 is 0. The number of piperidine rings is 1. The van der Waals surface area contributed by atoms with Gasteiger partial charge in [-0.1, -0.05) is 24.3 Å². The summed E-state index contributed by atoms with van der Waals surface area (Å²) < 4.78 is 55.3. The van der Waals surface area contributed by atoms with Gasteiger partial charge in [0.2, 0.25) is 16.0 Å². The first-order chi connectivity index (χ1) is 18.7. The number of sulfonamides is 1. The van der Waals surface area contributed by atoms with Crippen LogP contribution in [0.5, 0.6) is 0 Å². The Morgan fingerprint density at radius 1 is 0.974 bits per heavy atom. The summed E-state index contributed by atoms with van der Waals surface area (Å²) in [7, 11) is -3.67. The van der Waals surface area contributed by atoms with Crippen molar-refractivity contribution in [1.29, 1.82) is 0 Å². The molecule has 3 N–H and O–H groups in total. The first kappa shape index (κ1) is 26.9. The number of hydrogen-bond donors (Lipinski definition) is 2. The highest BCUT2D eigenvalue weighted by molar-refractivity contribution is 7.89. The van der Waals surface area contributed by atoms with Crippen molar-refractivity contribution in [3.8, 4) is 11.3 Å². The minimum absolute atomic E-state index is 0.112. The van der Waals surface area contributed by atoms with E-state index < -0.39 is 10.0 Å². The van der Waals surface area contributed by atoms with Crippen molar-refractivity contribution < 1.29 is 17.2 Å². The van der Waals surface area contributed by atoms with Crippen LogP contribution in [0.4, 0.5) is 20.4 Å². The van der Waals surface area contributed by atoms with E-state index in [2.05, 4.69) is 15.3 Å². The number of aryl methyl sites for hydroxylation is 1. The second kappa shape index (κ2) is 11.2. The molecule has 0 bridgehead atoms. The van der Waals surface area contributed by atoms with E-state index in [1.165, 1.54) is 22.5 Å². The quantitative estimate of drug-likeness (QED) is 0.312. The summed E-state index contributed by atoms with van der Waals surface area (Å²) in [6.07, 6.45) is 2.82. The van der Waals surface area contributed by atoms with Crippen LogP contribution >= 0.6 is 0 Å². The summed E-state index contributed by atoms with van der Waals surface area (Å²) in [6.45, 7) is 2.42. The minimum Gasteiger partial charge on any atom is -0.324 e. The van der Waals surface area contributed by atoms with E-state index in [0.717, 1.165) is 5.56 Å². The van der Waals surface area contributed by atoms with E-state index in [1.54, 1.807) is 67.7 Å². The van der Waals surface area contributed by atoms with E-state index in [1.807, 2.05) is 0 Å². The van der Waals surface area contributed by atoms with Crippen LogP contribution in [0.1, 0.15) is 30.0 Å². The number of anilines is 2. The lowest BCUT2D eigenvalue weighted by atomic mass is 9.86. The molecule has 4 aromatic rings. The van der Waals surface area contributed by atoms with Crippen molar-refractivity contribution in [2.75, 3.05) is 18.4 Å². The lowest BCUT2D eigenvalue weighted by Crippen LogP contribution is -2.40. The van der Waals surface area contributed by atoms with Crippen LogP contribution in [0, 0.1) is 24.5 Å². The number of nitrogens with zero attached hydrogens (tertiary/aromatic N) is 3. The largest absolute Gasteiger partial charge is 0.324 e. The molecule has 0 aliphatic carbocycles. The Balaban J connectivity index is 1.23. The highest BCUT2D eigenvalue weighted by atomic mass is 32.2. The summed E-state index contributed by atoms with van der Waals surface area (Å²) in [4.78, 5) is 8.87. The van der Waals surface area contributed by atoms with Gasteiger partial charge in [0.05, 0.1) is 10.6 Å². The molecule has 3 aromatic carbocycles. The normalized spacial score (nSPS) is 15.7. The van der Waals surface area contributed by atoms with Gasteiger partial charge in [-0.25, -0.2) is 27.2 Å². The molecule has 1 fully saturated rings. The molecule has 0 spiro atoms. The molecule has 0 saturated carbocycles. The van der Waals surface area contributed by atoms with Crippen molar-refractivity contribution in [1.82, 2.24) is 14.3 Å². The van der Waals surface area contributed by atoms with Gasteiger partial charge < -0.3 is 11.1 Å². The number of hydrogen-bond acceptors (Lipinski definition) is 6. The second-order valence-corrected chi connectivity index (χ2v) is 11.6. The Hall–Kier alpha value is -3.73. The van der Waals surface area contributed by atoms with Crippen LogP contribution in [0.15, 0.2) is 83.9 Å². The number of rotatable bonds is 7. The summed E-state index contributed by atoms with van der Waals surface area (Å²) in [5, 5.41) is 3.07. The summed E-state index contributed by atoms with van der Waals surface area (Å²) in [5.41, 5.74) is 9.61. The Labute approximate surface area is 226 Å². The molecule has 1 unspecified atom stereocenters. The van der Waals surface area contributed by atoms with E-state index in [0.29, 0.717) is 54.4 Å².